The van der Waals surface area contributed by atoms with Gasteiger partial charge in [-0.3, -0.25) is 4.79 Å². The van der Waals surface area contributed by atoms with Crippen molar-refractivity contribution in [1.82, 2.24) is 19.3 Å². The number of carbonyl (C=O) groups excluding carboxylic acids is 1. The average Bonchev–Trinajstić information content (AvgIpc) is 3.07. The van der Waals surface area contributed by atoms with Crippen LogP contribution in [-0.4, -0.2) is 45.4 Å². The predicted molar refractivity (Wildman–Crippen MR) is 86.0 cm³/mol. The minimum absolute atomic E-state index is 0.162. The summed E-state index contributed by atoms with van der Waals surface area (Å²) >= 11 is 0. The van der Waals surface area contributed by atoms with Crippen LogP contribution >= 0.6 is 0 Å². The molecule has 0 saturated heterocycles. The van der Waals surface area contributed by atoms with Crippen LogP contribution in [0.4, 0.5) is 0 Å². The largest absolute Gasteiger partial charge is 0.375 e. The first-order valence-electron chi connectivity index (χ1n) is 7.40. The smallest absolute Gasteiger partial charge is 0.276 e. The molecular formula is C17H18N4O2. The zero-order chi connectivity index (χ0) is 16.1. The third kappa shape index (κ3) is 3.54. The summed E-state index contributed by atoms with van der Waals surface area (Å²) in [6, 6.07) is 9.95. The zero-order valence-corrected chi connectivity index (χ0v) is 12.9. The van der Waals surface area contributed by atoms with Gasteiger partial charge in [-0.2, -0.15) is 0 Å². The molecule has 1 amide bonds. The molecule has 3 aromatic rings. The number of hydrogen-bond acceptors (Lipinski definition) is 4. The normalized spacial score (nSPS) is 10.8. The maximum Gasteiger partial charge on any atom is 0.276 e. The van der Waals surface area contributed by atoms with E-state index in [2.05, 4.69) is 9.97 Å². The molecule has 0 atom stereocenters. The number of imidazole rings is 1. The summed E-state index contributed by atoms with van der Waals surface area (Å²) in [5, 5.41) is 0. The molecule has 0 N–H and O–H groups in total. The first-order chi connectivity index (χ1) is 11.3. The van der Waals surface area contributed by atoms with E-state index in [1.807, 2.05) is 30.3 Å². The molecule has 0 spiro atoms. The molecule has 0 aliphatic rings. The Morgan fingerprint density at radius 3 is 2.70 bits per heavy atom. The molecule has 2 heterocycles. The van der Waals surface area contributed by atoms with Gasteiger partial charge in [0.1, 0.15) is 0 Å². The zero-order valence-electron chi connectivity index (χ0n) is 12.9. The summed E-state index contributed by atoms with van der Waals surface area (Å²) in [6.45, 7) is 1.50. The van der Waals surface area contributed by atoms with Crippen molar-refractivity contribution in [2.24, 2.45) is 0 Å². The Labute approximate surface area is 134 Å². The molecule has 0 fully saturated rings. The third-order valence-electron chi connectivity index (χ3n) is 3.54. The Hall–Kier alpha value is -2.73. The fourth-order valence-corrected chi connectivity index (χ4v) is 2.25. The van der Waals surface area contributed by atoms with E-state index < -0.39 is 0 Å². The maximum absolute atomic E-state index is 12.5. The van der Waals surface area contributed by atoms with E-state index in [9.17, 15) is 4.79 Å². The molecule has 0 aliphatic heterocycles. The van der Waals surface area contributed by atoms with Crippen LogP contribution in [0.3, 0.4) is 0 Å². The van der Waals surface area contributed by atoms with Crippen molar-refractivity contribution < 1.29 is 9.53 Å². The second kappa shape index (κ2) is 7.02. The summed E-state index contributed by atoms with van der Waals surface area (Å²) in [5.74, 6) is -0.162. The van der Waals surface area contributed by atoms with Gasteiger partial charge in [0.15, 0.2) is 11.3 Å². The van der Waals surface area contributed by atoms with Gasteiger partial charge >= 0.3 is 0 Å². The summed E-state index contributed by atoms with van der Waals surface area (Å²) in [7, 11) is 1.74. The molecule has 6 heteroatoms. The first kappa shape index (κ1) is 15.2. The molecule has 118 valence electrons. The molecule has 0 unspecified atom stereocenters. The molecule has 23 heavy (non-hydrogen) atoms. The van der Waals surface area contributed by atoms with Crippen LogP contribution in [-0.2, 0) is 11.3 Å². The highest BCUT2D eigenvalue weighted by atomic mass is 16.5. The fourth-order valence-electron chi connectivity index (χ4n) is 2.25. The number of ether oxygens (including phenoxy) is 1. The lowest BCUT2D eigenvalue weighted by molar-refractivity contribution is 0.0667. The number of likely N-dealkylation sites (N-methyl/N-ethyl adjacent to an activating group) is 1. The highest BCUT2D eigenvalue weighted by Crippen LogP contribution is 2.08. The number of fused-ring (bicyclic) bond motifs is 1. The standard InChI is InChI=1S/C17H18N4O2/c1-20(11-12-23-13-14-5-3-2-4-6-14)17(22)15-16-19-8-10-21(16)9-7-18-15/h2-10H,11-13H2,1H3. The van der Waals surface area contributed by atoms with Gasteiger partial charge in [-0.1, -0.05) is 30.3 Å². The van der Waals surface area contributed by atoms with Gasteiger partial charge in [0, 0.05) is 38.4 Å². The van der Waals surface area contributed by atoms with Crippen molar-refractivity contribution in [2.45, 2.75) is 6.61 Å². The Morgan fingerprint density at radius 2 is 1.91 bits per heavy atom. The number of benzene rings is 1. The van der Waals surface area contributed by atoms with Crippen LogP contribution in [0.5, 0.6) is 0 Å². The van der Waals surface area contributed by atoms with Gasteiger partial charge in [0.05, 0.1) is 13.2 Å². The number of hydrogen-bond donors (Lipinski definition) is 0. The van der Waals surface area contributed by atoms with E-state index in [1.54, 1.807) is 41.1 Å². The SMILES string of the molecule is CN(CCOCc1ccccc1)C(=O)c1nccn2ccnc12. The number of carbonyl (C=O) groups is 1. The van der Waals surface area contributed by atoms with Crippen LogP contribution < -0.4 is 0 Å². The van der Waals surface area contributed by atoms with Crippen LogP contribution in [0, 0.1) is 0 Å². The van der Waals surface area contributed by atoms with Crippen molar-refractivity contribution in [2.75, 3.05) is 20.2 Å². The highest BCUT2D eigenvalue weighted by Gasteiger charge is 2.17. The monoisotopic (exact) mass is 310 g/mol. The van der Waals surface area contributed by atoms with E-state index in [0.717, 1.165) is 5.56 Å². The summed E-state index contributed by atoms with van der Waals surface area (Å²) < 4.78 is 7.39. The second-order valence-electron chi connectivity index (χ2n) is 5.20. The van der Waals surface area contributed by atoms with Crippen molar-refractivity contribution in [3.63, 3.8) is 0 Å². The minimum atomic E-state index is -0.162. The lowest BCUT2D eigenvalue weighted by Gasteiger charge is -2.17. The molecule has 6 nitrogen and oxygen atoms in total. The molecule has 0 radical (unpaired) electrons. The summed E-state index contributed by atoms with van der Waals surface area (Å²) in [4.78, 5) is 22.4. The molecule has 1 aromatic carbocycles. The number of aromatic nitrogens is 3. The Morgan fingerprint density at radius 1 is 1.17 bits per heavy atom. The first-order valence-corrected chi connectivity index (χ1v) is 7.40. The number of nitrogens with zero attached hydrogens (tertiary/aromatic N) is 4. The van der Waals surface area contributed by atoms with Gasteiger partial charge < -0.3 is 14.0 Å². The van der Waals surface area contributed by atoms with Crippen molar-refractivity contribution in [3.8, 4) is 0 Å². The molecule has 0 aliphatic carbocycles. The van der Waals surface area contributed by atoms with Crippen LogP contribution in [0.15, 0.2) is 55.1 Å². The average molecular weight is 310 g/mol. The van der Waals surface area contributed by atoms with Gasteiger partial charge in [0.25, 0.3) is 5.91 Å². The Bertz CT molecular complexity index is 785. The fraction of sp³-hybridized carbons (Fsp3) is 0.235. The van der Waals surface area contributed by atoms with E-state index in [0.29, 0.717) is 31.1 Å². The lowest BCUT2D eigenvalue weighted by Crippen LogP contribution is -2.31. The van der Waals surface area contributed by atoms with Gasteiger partial charge in [-0.25, -0.2) is 9.97 Å². The van der Waals surface area contributed by atoms with Crippen LogP contribution in [0.1, 0.15) is 16.1 Å². The van der Waals surface area contributed by atoms with E-state index in [-0.39, 0.29) is 5.91 Å². The van der Waals surface area contributed by atoms with Gasteiger partial charge in [0.2, 0.25) is 0 Å². The van der Waals surface area contributed by atoms with Gasteiger partial charge in [-0.15, -0.1) is 0 Å². The predicted octanol–water partition coefficient (Wildman–Crippen LogP) is 2.02. The highest BCUT2D eigenvalue weighted by molar-refractivity contribution is 5.97. The molecule has 0 bridgehead atoms. The summed E-state index contributed by atoms with van der Waals surface area (Å²) in [5.41, 5.74) is 2.03. The minimum Gasteiger partial charge on any atom is -0.375 e. The van der Waals surface area contributed by atoms with Crippen molar-refractivity contribution in [1.29, 1.82) is 0 Å². The van der Waals surface area contributed by atoms with Gasteiger partial charge in [-0.05, 0) is 5.56 Å². The quantitative estimate of drug-likeness (QED) is 0.654. The molecule has 3 rings (SSSR count). The topological polar surface area (TPSA) is 59.7 Å². The Kier molecular flexibility index (Phi) is 4.63. The number of amides is 1. The number of rotatable bonds is 6. The lowest BCUT2D eigenvalue weighted by atomic mass is 10.2. The van der Waals surface area contributed by atoms with Crippen molar-refractivity contribution >= 4 is 11.6 Å². The molecular weight excluding hydrogens is 292 g/mol. The third-order valence-corrected chi connectivity index (χ3v) is 3.54. The van der Waals surface area contributed by atoms with Crippen LogP contribution in [0.2, 0.25) is 0 Å². The second-order valence-corrected chi connectivity index (χ2v) is 5.20. The molecule has 0 saturated carbocycles. The van der Waals surface area contributed by atoms with E-state index in [4.69, 9.17) is 4.74 Å². The van der Waals surface area contributed by atoms with E-state index >= 15 is 0 Å². The molecule has 2 aromatic heterocycles. The van der Waals surface area contributed by atoms with E-state index in [1.165, 1.54) is 0 Å². The summed E-state index contributed by atoms with van der Waals surface area (Å²) in [6.07, 6.45) is 6.80. The van der Waals surface area contributed by atoms with Crippen LogP contribution in [0.25, 0.3) is 5.65 Å². The van der Waals surface area contributed by atoms with Crippen molar-refractivity contribution in [3.05, 3.63) is 66.4 Å². The Balaban J connectivity index is 1.55. The maximum atomic E-state index is 12.5.